The van der Waals surface area contributed by atoms with Gasteiger partial charge in [0, 0.05) is 18.9 Å². The molecule has 6 nitrogen and oxygen atoms in total. The summed E-state index contributed by atoms with van der Waals surface area (Å²) in [5.74, 6) is -0.132. The number of hydrogen-bond donors (Lipinski definition) is 1. The number of benzene rings is 1. The highest BCUT2D eigenvalue weighted by Crippen LogP contribution is 2.36. The molecule has 1 aromatic carbocycles. The van der Waals surface area contributed by atoms with Gasteiger partial charge in [0.1, 0.15) is 5.75 Å². The minimum atomic E-state index is -4.55. The normalized spacial score (nSPS) is 16.3. The van der Waals surface area contributed by atoms with Crippen LogP contribution in [-0.4, -0.2) is 34.2 Å². The maximum absolute atomic E-state index is 13.0. The predicted molar refractivity (Wildman–Crippen MR) is 94.9 cm³/mol. The largest absolute Gasteiger partial charge is 0.467 e. The Morgan fingerprint density at radius 3 is 2.61 bits per heavy atom. The Morgan fingerprint density at radius 1 is 1.25 bits per heavy atom. The number of aliphatic hydroxyl groups is 1. The van der Waals surface area contributed by atoms with E-state index in [1.54, 1.807) is 0 Å². The number of rotatable bonds is 6. The number of ether oxygens (including phenoxy) is 2. The second-order valence-electron chi connectivity index (χ2n) is 6.93. The van der Waals surface area contributed by atoms with E-state index in [0.717, 1.165) is 25.0 Å². The third kappa shape index (κ3) is 4.36. The summed E-state index contributed by atoms with van der Waals surface area (Å²) in [6.45, 7) is -0.190. The first-order valence-corrected chi connectivity index (χ1v) is 8.84. The van der Waals surface area contributed by atoms with Gasteiger partial charge in [-0.2, -0.15) is 13.2 Å². The lowest BCUT2D eigenvalue weighted by atomic mass is 10.0. The van der Waals surface area contributed by atoms with E-state index in [1.165, 1.54) is 30.3 Å². The van der Waals surface area contributed by atoms with Crippen LogP contribution in [0.25, 0.3) is 11.1 Å². The topological polar surface area (TPSA) is 73.6 Å². The van der Waals surface area contributed by atoms with Crippen LogP contribution in [-0.2, 0) is 17.5 Å². The van der Waals surface area contributed by atoms with E-state index in [0.29, 0.717) is 12.8 Å². The van der Waals surface area contributed by atoms with Crippen molar-refractivity contribution in [3.05, 3.63) is 46.6 Å². The van der Waals surface area contributed by atoms with Gasteiger partial charge in [0.25, 0.3) is 5.56 Å². The molecule has 1 fully saturated rings. The summed E-state index contributed by atoms with van der Waals surface area (Å²) < 4.78 is 50.5. The number of nitrogens with zero attached hydrogens (tertiary/aromatic N) is 2. The Kier molecular flexibility index (Phi) is 5.76. The van der Waals surface area contributed by atoms with Crippen LogP contribution < -0.4 is 10.3 Å². The molecule has 0 radical (unpaired) electrons. The molecule has 28 heavy (non-hydrogen) atoms. The van der Waals surface area contributed by atoms with Gasteiger partial charge in [-0.05, 0) is 31.0 Å². The second kappa shape index (κ2) is 7.92. The molecule has 9 heteroatoms. The molecule has 0 aliphatic heterocycles. The minimum Gasteiger partial charge on any atom is -0.467 e. The molecule has 3 rings (SSSR count). The van der Waals surface area contributed by atoms with Gasteiger partial charge in [0.2, 0.25) is 0 Å². The first-order valence-electron chi connectivity index (χ1n) is 8.84. The van der Waals surface area contributed by atoms with E-state index in [1.807, 2.05) is 0 Å². The Morgan fingerprint density at radius 2 is 1.96 bits per heavy atom. The summed E-state index contributed by atoms with van der Waals surface area (Å²) >= 11 is 0. The third-order valence-corrected chi connectivity index (χ3v) is 4.83. The van der Waals surface area contributed by atoms with Crippen LogP contribution in [0.1, 0.15) is 31.2 Å². The van der Waals surface area contributed by atoms with Crippen molar-refractivity contribution in [2.24, 2.45) is 0 Å². The van der Waals surface area contributed by atoms with Gasteiger partial charge in [-0.1, -0.05) is 12.8 Å². The van der Waals surface area contributed by atoms with E-state index in [9.17, 15) is 23.1 Å². The summed E-state index contributed by atoms with van der Waals surface area (Å²) in [7, 11) is 1.34. The lowest BCUT2D eigenvalue weighted by Crippen LogP contribution is -2.36. The predicted octanol–water partition coefficient (Wildman–Crippen LogP) is 3.22. The lowest BCUT2D eigenvalue weighted by Gasteiger charge is -2.23. The molecule has 1 aromatic heterocycles. The lowest BCUT2D eigenvalue weighted by molar-refractivity contribution is -0.137. The summed E-state index contributed by atoms with van der Waals surface area (Å²) in [5, 5.41) is 10.6. The van der Waals surface area contributed by atoms with E-state index in [2.05, 4.69) is 4.98 Å². The Bertz CT molecular complexity index is 889. The van der Waals surface area contributed by atoms with Crippen LogP contribution in [0.5, 0.6) is 5.75 Å². The molecule has 1 aliphatic rings. The summed E-state index contributed by atoms with van der Waals surface area (Å²) in [4.78, 5) is 16.9. The molecule has 1 aliphatic carbocycles. The van der Waals surface area contributed by atoms with Gasteiger partial charge < -0.3 is 14.6 Å². The van der Waals surface area contributed by atoms with Crippen molar-refractivity contribution in [2.45, 2.75) is 44.0 Å². The van der Waals surface area contributed by atoms with E-state index < -0.39 is 22.9 Å². The molecular weight excluding hydrogens is 377 g/mol. The molecule has 0 atom stereocenters. The highest BCUT2D eigenvalue weighted by molar-refractivity contribution is 5.69. The number of alkyl halides is 3. The average Bonchev–Trinajstić information content (AvgIpc) is 3.07. The van der Waals surface area contributed by atoms with E-state index in [4.69, 9.17) is 9.47 Å². The SMILES string of the molecule is COCOc1cc(C(F)(F)F)ccc1-c1cncn(CC2(O)CCCC2)c1=O. The minimum absolute atomic E-state index is 0.0849. The van der Waals surface area contributed by atoms with Crippen molar-refractivity contribution in [1.82, 2.24) is 9.55 Å². The van der Waals surface area contributed by atoms with Gasteiger partial charge in [0.15, 0.2) is 6.79 Å². The van der Waals surface area contributed by atoms with Gasteiger partial charge in [-0.15, -0.1) is 0 Å². The molecule has 1 N–H and O–H groups in total. The molecule has 0 unspecified atom stereocenters. The van der Waals surface area contributed by atoms with Crippen molar-refractivity contribution < 1.29 is 27.8 Å². The van der Waals surface area contributed by atoms with Gasteiger partial charge in [-0.3, -0.25) is 9.36 Å². The smallest absolute Gasteiger partial charge is 0.416 e. The molecule has 2 aromatic rings. The van der Waals surface area contributed by atoms with E-state index >= 15 is 0 Å². The fourth-order valence-corrected chi connectivity index (χ4v) is 3.42. The molecule has 0 amide bonds. The van der Waals surface area contributed by atoms with Crippen LogP contribution in [0.15, 0.2) is 35.5 Å². The molecule has 0 spiro atoms. The van der Waals surface area contributed by atoms with Gasteiger partial charge in [-0.25, -0.2) is 4.98 Å². The first-order chi connectivity index (χ1) is 13.2. The molecular formula is C19H21F3N2O4. The van der Waals surface area contributed by atoms with Crippen LogP contribution in [0.4, 0.5) is 13.2 Å². The second-order valence-corrected chi connectivity index (χ2v) is 6.93. The van der Waals surface area contributed by atoms with E-state index in [-0.39, 0.29) is 30.2 Å². The monoisotopic (exact) mass is 398 g/mol. The number of halogens is 3. The van der Waals surface area contributed by atoms with Crippen molar-refractivity contribution >= 4 is 0 Å². The van der Waals surface area contributed by atoms with Crippen molar-refractivity contribution in [2.75, 3.05) is 13.9 Å². The van der Waals surface area contributed by atoms with Gasteiger partial charge in [0.05, 0.1) is 29.6 Å². The summed E-state index contributed by atoms with van der Waals surface area (Å²) in [6.07, 6.45) is 0.989. The van der Waals surface area contributed by atoms with Crippen molar-refractivity contribution in [1.29, 1.82) is 0 Å². The Labute approximate surface area is 159 Å². The van der Waals surface area contributed by atoms with Crippen molar-refractivity contribution in [3.8, 4) is 16.9 Å². The maximum atomic E-state index is 13.0. The highest BCUT2D eigenvalue weighted by atomic mass is 19.4. The zero-order chi connectivity index (χ0) is 20.4. The standard InChI is InChI=1S/C19H21F3N2O4/c1-27-12-28-16-8-13(19(20,21)22)4-5-14(16)15-9-23-11-24(17(15)25)10-18(26)6-2-3-7-18/h4-5,8-9,11,26H,2-3,6-7,10,12H2,1H3. The molecule has 1 saturated carbocycles. The van der Waals surface area contributed by atoms with Crippen LogP contribution in [0, 0.1) is 0 Å². The zero-order valence-electron chi connectivity index (χ0n) is 15.3. The maximum Gasteiger partial charge on any atom is 0.416 e. The molecule has 0 saturated heterocycles. The summed E-state index contributed by atoms with van der Waals surface area (Å²) in [5.41, 5.74) is -2.07. The van der Waals surface area contributed by atoms with Crippen molar-refractivity contribution in [3.63, 3.8) is 0 Å². The van der Waals surface area contributed by atoms with Gasteiger partial charge >= 0.3 is 6.18 Å². The number of hydrogen-bond acceptors (Lipinski definition) is 5. The molecule has 1 heterocycles. The fourth-order valence-electron chi connectivity index (χ4n) is 3.42. The molecule has 0 bridgehead atoms. The Hall–Kier alpha value is -2.39. The highest BCUT2D eigenvalue weighted by Gasteiger charge is 2.33. The fraction of sp³-hybridized carbons (Fsp3) is 0.474. The van der Waals surface area contributed by atoms with Crippen LogP contribution in [0.3, 0.4) is 0 Å². The Balaban J connectivity index is 2.02. The third-order valence-electron chi connectivity index (χ3n) is 4.83. The quantitative estimate of drug-likeness (QED) is 0.757. The average molecular weight is 398 g/mol. The van der Waals surface area contributed by atoms with Crippen LogP contribution >= 0.6 is 0 Å². The number of aromatic nitrogens is 2. The molecule has 152 valence electrons. The first kappa shape index (κ1) is 20.3. The van der Waals surface area contributed by atoms with Crippen LogP contribution in [0.2, 0.25) is 0 Å². The summed E-state index contributed by atoms with van der Waals surface area (Å²) in [6, 6.07) is 2.90. The zero-order valence-corrected chi connectivity index (χ0v) is 15.3. The number of methoxy groups -OCH3 is 1.